The van der Waals surface area contributed by atoms with E-state index >= 15 is 0 Å². The third-order valence-electron chi connectivity index (χ3n) is 3.44. The van der Waals surface area contributed by atoms with Gasteiger partial charge in [-0.05, 0) is 37.5 Å². The van der Waals surface area contributed by atoms with Crippen LogP contribution in [0.25, 0.3) is 0 Å². The SMILES string of the molecule is Cc1cccc(NC(=O)[C@@H]2CCCC[C@@H]2N)c1. The van der Waals surface area contributed by atoms with Crippen molar-refractivity contribution in [2.45, 2.75) is 38.6 Å². The van der Waals surface area contributed by atoms with Crippen LogP contribution in [0, 0.1) is 12.8 Å². The van der Waals surface area contributed by atoms with Crippen molar-refractivity contribution in [2.24, 2.45) is 11.7 Å². The fourth-order valence-corrected chi connectivity index (χ4v) is 2.44. The Kier molecular flexibility index (Phi) is 3.79. The Hall–Kier alpha value is -1.35. The number of nitrogens with two attached hydrogens (primary N) is 1. The third-order valence-corrected chi connectivity index (χ3v) is 3.44. The number of rotatable bonds is 2. The first kappa shape index (κ1) is 12.1. The van der Waals surface area contributed by atoms with Crippen LogP contribution in [0.4, 0.5) is 5.69 Å². The monoisotopic (exact) mass is 232 g/mol. The molecule has 0 radical (unpaired) electrons. The van der Waals surface area contributed by atoms with Crippen molar-refractivity contribution in [3.63, 3.8) is 0 Å². The molecule has 0 aliphatic heterocycles. The van der Waals surface area contributed by atoms with Gasteiger partial charge in [0, 0.05) is 11.7 Å². The maximum Gasteiger partial charge on any atom is 0.229 e. The Morgan fingerprint density at radius 1 is 1.35 bits per heavy atom. The van der Waals surface area contributed by atoms with Crippen LogP contribution in [-0.2, 0) is 4.79 Å². The van der Waals surface area contributed by atoms with Crippen molar-refractivity contribution in [3.05, 3.63) is 29.8 Å². The number of aryl methyl sites for hydroxylation is 1. The van der Waals surface area contributed by atoms with Gasteiger partial charge in [-0.2, -0.15) is 0 Å². The van der Waals surface area contributed by atoms with Gasteiger partial charge in [0.1, 0.15) is 0 Å². The summed E-state index contributed by atoms with van der Waals surface area (Å²) in [5.41, 5.74) is 8.02. The lowest BCUT2D eigenvalue weighted by Gasteiger charge is -2.27. The minimum Gasteiger partial charge on any atom is -0.327 e. The van der Waals surface area contributed by atoms with Crippen LogP contribution >= 0.6 is 0 Å². The highest BCUT2D eigenvalue weighted by Crippen LogP contribution is 2.24. The van der Waals surface area contributed by atoms with E-state index in [0.29, 0.717) is 0 Å². The smallest absolute Gasteiger partial charge is 0.229 e. The van der Waals surface area contributed by atoms with E-state index in [9.17, 15) is 4.79 Å². The molecule has 92 valence electrons. The van der Waals surface area contributed by atoms with Crippen molar-refractivity contribution in [1.82, 2.24) is 0 Å². The predicted octanol–water partition coefficient (Wildman–Crippen LogP) is 2.45. The molecule has 1 aromatic carbocycles. The first-order valence-electron chi connectivity index (χ1n) is 6.30. The molecule has 0 bridgehead atoms. The van der Waals surface area contributed by atoms with E-state index in [2.05, 4.69) is 5.32 Å². The number of nitrogens with one attached hydrogen (secondary N) is 1. The van der Waals surface area contributed by atoms with Crippen LogP contribution in [0.2, 0.25) is 0 Å². The molecule has 3 N–H and O–H groups in total. The Bertz CT molecular complexity index is 403. The van der Waals surface area contributed by atoms with Crippen LogP contribution in [0.3, 0.4) is 0 Å². The maximum atomic E-state index is 12.1. The maximum absolute atomic E-state index is 12.1. The molecule has 1 aromatic rings. The fraction of sp³-hybridized carbons (Fsp3) is 0.500. The van der Waals surface area contributed by atoms with E-state index in [-0.39, 0.29) is 17.9 Å². The van der Waals surface area contributed by atoms with Gasteiger partial charge >= 0.3 is 0 Å². The molecule has 3 nitrogen and oxygen atoms in total. The van der Waals surface area contributed by atoms with E-state index in [1.54, 1.807) is 0 Å². The zero-order chi connectivity index (χ0) is 12.3. The third kappa shape index (κ3) is 3.07. The topological polar surface area (TPSA) is 55.1 Å². The molecule has 1 amide bonds. The zero-order valence-electron chi connectivity index (χ0n) is 10.3. The van der Waals surface area contributed by atoms with E-state index in [1.165, 1.54) is 0 Å². The standard InChI is InChI=1S/C14H20N2O/c1-10-5-4-6-11(9-10)16-14(17)12-7-2-3-8-13(12)15/h4-6,9,12-13H,2-3,7-8,15H2,1H3,(H,16,17)/t12-,13+/m1/s1. The minimum atomic E-state index is -0.0238. The highest BCUT2D eigenvalue weighted by molar-refractivity contribution is 5.93. The van der Waals surface area contributed by atoms with Gasteiger partial charge in [0.05, 0.1) is 5.92 Å². The number of hydrogen-bond acceptors (Lipinski definition) is 2. The molecule has 0 saturated heterocycles. The van der Waals surface area contributed by atoms with Gasteiger partial charge in [0.2, 0.25) is 5.91 Å². The molecule has 1 aliphatic carbocycles. The second-order valence-electron chi connectivity index (χ2n) is 4.91. The van der Waals surface area contributed by atoms with Gasteiger partial charge in [-0.25, -0.2) is 0 Å². The van der Waals surface area contributed by atoms with Gasteiger partial charge in [-0.15, -0.1) is 0 Å². The first-order chi connectivity index (χ1) is 8.16. The number of hydrogen-bond donors (Lipinski definition) is 2. The van der Waals surface area contributed by atoms with E-state index in [4.69, 9.17) is 5.73 Å². The van der Waals surface area contributed by atoms with E-state index in [1.807, 2.05) is 31.2 Å². The fourth-order valence-electron chi connectivity index (χ4n) is 2.44. The van der Waals surface area contributed by atoms with Gasteiger partial charge in [0.25, 0.3) is 0 Å². The van der Waals surface area contributed by atoms with Gasteiger partial charge < -0.3 is 11.1 Å². The lowest BCUT2D eigenvalue weighted by Crippen LogP contribution is -2.40. The molecular formula is C14H20N2O. The highest BCUT2D eigenvalue weighted by Gasteiger charge is 2.28. The minimum absolute atomic E-state index is 0.0218. The molecule has 2 atom stereocenters. The summed E-state index contributed by atoms with van der Waals surface area (Å²) in [6, 6.07) is 7.88. The van der Waals surface area contributed by atoms with Crippen LogP contribution in [0.15, 0.2) is 24.3 Å². The molecule has 3 heteroatoms. The Morgan fingerprint density at radius 3 is 2.82 bits per heavy atom. The summed E-state index contributed by atoms with van der Waals surface area (Å²) in [6.45, 7) is 2.02. The van der Waals surface area contributed by atoms with Crippen molar-refractivity contribution in [3.8, 4) is 0 Å². The number of benzene rings is 1. The summed E-state index contributed by atoms with van der Waals surface area (Å²) in [5.74, 6) is 0.0482. The zero-order valence-corrected chi connectivity index (χ0v) is 10.3. The largest absolute Gasteiger partial charge is 0.327 e. The van der Waals surface area contributed by atoms with Crippen LogP contribution in [-0.4, -0.2) is 11.9 Å². The van der Waals surface area contributed by atoms with Gasteiger partial charge in [-0.1, -0.05) is 25.0 Å². The first-order valence-corrected chi connectivity index (χ1v) is 6.30. The second-order valence-corrected chi connectivity index (χ2v) is 4.91. The van der Waals surface area contributed by atoms with E-state index < -0.39 is 0 Å². The van der Waals surface area contributed by atoms with Crippen molar-refractivity contribution in [1.29, 1.82) is 0 Å². The van der Waals surface area contributed by atoms with Crippen molar-refractivity contribution in [2.75, 3.05) is 5.32 Å². The molecule has 1 fully saturated rings. The number of anilines is 1. The summed E-state index contributed by atoms with van der Waals surface area (Å²) in [7, 11) is 0. The summed E-state index contributed by atoms with van der Waals surface area (Å²) >= 11 is 0. The van der Waals surface area contributed by atoms with Gasteiger partial charge in [-0.3, -0.25) is 4.79 Å². The quantitative estimate of drug-likeness (QED) is 0.823. The number of carbonyl (C=O) groups excluding carboxylic acids is 1. The lowest BCUT2D eigenvalue weighted by molar-refractivity contribution is -0.121. The van der Waals surface area contributed by atoms with Crippen LogP contribution in [0.5, 0.6) is 0 Å². The molecule has 0 unspecified atom stereocenters. The molecule has 2 rings (SSSR count). The Balaban J connectivity index is 2.01. The molecule has 0 aromatic heterocycles. The highest BCUT2D eigenvalue weighted by atomic mass is 16.1. The molecule has 1 saturated carbocycles. The Morgan fingerprint density at radius 2 is 2.12 bits per heavy atom. The van der Waals surface area contributed by atoms with Crippen LogP contribution < -0.4 is 11.1 Å². The van der Waals surface area contributed by atoms with Crippen LogP contribution in [0.1, 0.15) is 31.2 Å². The summed E-state index contributed by atoms with van der Waals surface area (Å²) in [5, 5.41) is 2.96. The molecule has 0 heterocycles. The van der Waals surface area contributed by atoms with Crippen molar-refractivity contribution < 1.29 is 4.79 Å². The number of amides is 1. The number of carbonyl (C=O) groups is 1. The molecule has 1 aliphatic rings. The average molecular weight is 232 g/mol. The molecule has 17 heavy (non-hydrogen) atoms. The molecular weight excluding hydrogens is 212 g/mol. The summed E-state index contributed by atoms with van der Waals surface area (Å²) in [4.78, 5) is 12.1. The normalized spacial score (nSPS) is 24.4. The molecule has 0 spiro atoms. The predicted molar refractivity (Wildman–Crippen MR) is 69.7 cm³/mol. The lowest BCUT2D eigenvalue weighted by atomic mass is 9.84. The van der Waals surface area contributed by atoms with E-state index in [0.717, 1.165) is 36.9 Å². The summed E-state index contributed by atoms with van der Waals surface area (Å²) < 4.78 is 0. The summed E-state index contributed by atoms with van der Waals surface area (Å²) in [6.07, 6.45) is 4.14. The second kappa shape index (κ2) is 5.32. The van der Waals surface area contributed by atoms with Gasteiger partial charge in [0.15, 0.2) is 0 Å². The Labute approximate surface area is 102 Å². The van der Waals surface area contributed by atoms with Crippen molar-refractivity contribution >= 4 is 11.6 Å². The average Bonchev–Trinajstić information content (AvgIpc) is 2.29.